The largest absolute Gasteiger partial charge is 0.387 e. The van der Waals surface area contributed by atoms with Gasteiger partial charge in [-0.3, -0.25) is 4.90 Å². The molecular weight excluding hydrogens is 202 g/mol. The Kier molecular flexibility index (Phi) is 3.30. The van der Waals surface area contributed by atoms with Crippen LogP contribution in [0.15, 0.2) is 18.7 Å². The number of aryl methyl sites for hydroxylation is 1. The van der Waals surface area contributed by atoms with Crippen LogP contribution in [-0.2, 0) is 6.54 Å². The molecule has 0 aromatic carbocycles. The Bertz CT molecular complexity index is 315. The molecule has 0 radical (unpaired) electrons. The third-order valence-corrected chi connectivity index (χ3v) is 3.52. The van der Waals surface area contributed by atoms with Gasteiger partial charge in [0.05, 0.1) is 11.9 Å². The first-order valence-electron chi connectivity index (χ1n) is 6.01. The lowest BCUT2D eigenvalue weighted by Crippen LogP contribution is -2.64. The Morgan fingerprint density at radius 2 is 2.12 bits per heavy atom. The van der Waals surface area contributed by atoms with Crippen molar-refractivity contribution in [3.63, 3.8) is 0 Å². The molecule has 90 valence electrons. The van der Waals surface area contributed by atoms with Crippen LogP contribution in [0.25, 0.3) is 0 Å². The SMILES string of the molecule is CC(C)C1(O)CN(CCCn2ccnc2)C1. The third kappa shape index (κ3) is 2.44. The van der Waals surface area contributed by atoms with Crippen molar-refractivity contribution in [3.05, 3.63) is 18.7 Å². The number of hydrogen-bond donors (Lipinski definition) is 1. The van der Waals surface area contributed by atoms with Crippen molar-refractivity contribution in [2.24, 2.45) is 5.92 Å². The molecule has 0 bridgehead atoms. The van der Waals surface area contributed by atoms with E-state index in [2.05, 4.69) is 28.3 Å². The van der Waals surface area contributed by atoms with E-state index in [9.17, 15) is 5.11 Å². The zero-order valence-electron chi connectivity index (χ0n) is 10.1. The maximum absolute atomic E-state index is 10.1. The van der Waals surface area contributed by atoms with E-state index in [0.717, 1.165) is 32.6 Å². The topological polar surface area (TPSA) is 41.3 Å². The highest BCUT2D eigenvalue weighted by molar-refractivity contribution is 4.97. The Balaban J connectivity index is 1.63. The van der Waals surface area contributed by atoms with Crippen LogP contribution in [0, 0.1) is 5.92 Å². The van der Waals surface area contributed by atoms with Gasteiger partial charge in [-0.25, -0.2) is 4.98 Å². The molecule has 1 N–H and O–H groups in total. The first-order valence-corrected chi connectivity index (χ1v) is 6.01. The Morgan fingerprint density at radius 1 is 1.38 bits per heavy atom. The van der Waals surface area contributed by atoms with E-state index in [0.29, 0.717) is 5.92 Å². The first-order chi connectivity index (χ1) is 7.60. The van der Waals surface area contributed by atoms with Crippen molar-refractivity contribution in [3.8, 4) is 0 Å². The number of aromatic nitrogens is 2. The summed E-state index contributed by atoms with van der Waals surface area (Å²) in [6, 6.07) is 0. The van der Waals surface area contributed by atoms with Gasteiger partial charge in [-0.15, -0.1) is 0 Å². The van der Waals surface area contributed by atoms with Crippen LogP contribution >= 0.6 is 0 Å². The van der Waals surface area contributed by atoms with E-state index in [1.54, 1.807) is 6.20 Å². The highest BCUT2D eigenvalue weighted by atomic mass is 16.3. The van der Waals surface area contributed by atoms with Gasteiger partial charge in [-0.2, -0.15) is 0 Å². The van der Waals surface area contributed by atoms with Crippen molar-refractivity contribution >= 4 is 0 Å². The van der Waals surface area contributed by atoms with Gasteiger partial charge >= 0.3 is 0 Å². The maximum atomic E-state index is 10.1. The van der Waals surface area contributed by atoms with Gasteiger partial charge in [-0.05, 0) is 12.3 Å². The molecule has 0 atom stereocenters. The molecule has 0 aliphatic carbocycles. The predicted octanol–water partition coefficient (Wildman–Crippen LogP) is 0.976. The normalized spacial score (nSPS) is 20.0. The molecule has 2 heterocycles. The lowest BCUT2D eigenvalue weighted by atomic mass is 9.83. The van der Waals surface area contributed by atoms with Gasteiger partial charge in [0.1, 0.15) is 0 Å². The van der Waals surface area contributed by atoms with E-state index in [1.165, 1.54) is 0 Å². The van der Waals surface area contributed by atoms with Crippen molar-refractivity contribution < 1.29 is 5.11 Å². The maximum Gasteiger partial charge on any atom is 0.0945 e. The lowest BCUT2D eigenvalue weighted by Gasteiger charge is -2.49. The van der Waals surface area contributed by atoms with Crippen molar-refractivity contribution in [2.45, 2.75) is 32.4 Å². The second-order valence-corrected chi connectivity index (χ2v) is 5.12. The monoisotopic (exact) mass is 223 g/mol. The van der Waals surface area contributed by atoms with Crippen LogP contribution in [0.1, 0.15) is 20.3 Å². The molecule has 1 aliphatic heterocycles. The van der Waals surface area contributed by atoms with E-state index >= 15 is 0 Å². The molecule has 1 saturated heterocycles. The molecule has 4 nitrogen and oxygen atoms in total. The summed E-state index contributed by atoms with van der Waals surface area (Å²) in [5.74, 6) is 0.359. The molecular formula is C12H21N3O. The summed E-state index contributed by atoms with van der Waals surface area (Å²) in [6.45, 7) is 7.90. The molecule has 0 spiro atoms. The standard InChI is InChI=1S/C12H21N3O/c1-11(2)12(16)8-15(9-12)6-3-5-14-7-4-13-10-14/h4,7,10-11,16H,3,5-6,8-9H2,1-2H3. The number of β-amino-alcohol motifs (C(OH)–C–C–N with tert-alkyl or cyclic N) is 1. The fourth-order valence-corrected chi connectivity index (χ4v) is 2.15. The molecule has 1 aliphatic rings. The van der Waals surface area contributed by atoms with Crippen molar-refractivity contribution in [2.75, 3.05) is 19.6 Å². The number of aliphatic hydroxyl groups is 1. The number of imidazole rings is 1. The highest BCUT2D eigenvalue weighted by Crippen LogP contribution is 2.28. The summed E-state index contributed by atoms with van der Waals surface area (Å²) >= 11 is 0. The minimum absolute atomic E-state index is 0.359. The zero-order valence-corrected chi connectivity index (χ0v) is 10.1. The summed E-state index contributed by atoms with van der Waals surface area (Å²) in [5.41, 5.74) is -0.436. The van der Waals surface area contributed by atoms with E-state index < -0.39 is 5.60 Å². The van der Waals surface area contributed by atoms with Crippen molar-refractivity contribution in [1.82, 2.24) is 14.5 Å². The van der Waals surface area contributed by atoms with Gasteiger partial charge in [0.2, 0.25) is 0 Å². The van der Waals surface area contributed by atoms with Crippen LogP contribution in [0.5, 0.6) is 0 Å². The summed E-state index contributed by atoms with van der Waals surface area (Å²) in [7, 11) is 0. The number of likely N-dealkylation sites (tertiary alicyclic amines) is 1. The fraction of sp³-hybridized carbons (Fsp3) is 0.750. The average Bonchev–Trinajstić information content (AvgIpc) is 2.67. The molecule has 1 aromatic heterocycles. The molecule has 1 fully saturated rings. The second kappa shape index (κ2) is 4.55. The predicted molar refractivity (Wildman–Crippen MR) is 63.1 cm³/mol. The van der Waals surface area contributed by atoms with Crippen LogP contribution in [0.3, 0.4) is 0 Å². The quantitative estimate of drug-likeness (QED) is 0.809. The summed E-state index contributed by atoms with van der Waals surface area (Å²) < 4.78 is 2.09. The zero-order chi connectivity index (χ0) is 11.6. The molecule has 0 saturated carbocycles. The molecule has 1 aromatic rings. The second-order valence-electron chi connectivity index (χ2n) is 5.12. The van der Waals surface area contributed by atoms with Crippen LogP contribution in [0.2, 0.25) is 0 Å². The lowest BCUT2D eigenvalue weighted by molar-refractivity contribution is -0.127. The van der Waals surface area contributed by atoms with Crippen LogP contribution < -0.4 is 0 Å². The van der Waals surface area contributed by atoms with E-state index in [1.807, 2.05) is 12.5 Å². The molecule has 2 rings (SSSR count). The summed E-state index contributed by atoms with van der Waals surface area (Å²) in [4.78, 5) is 6.33. The third-order valence-electron chi connectivity index (χ3n) is 3.52. The van der Waals surface area contributed by atoms with Gasteiger partial charge < -0.3 is 9.67 Å². The molecule has 0 unspecified atom stereocenters. The van der Waals surface area contributed by atoms with Gasteiger partial charge in [0.15, 0.2) is 0 Å². The van der Waals surface area contributed by atoms with E-state index in [4.69, 9.17) is 0 Å². The van der Waals surface area contributed by atoms with Gasteiger partial charge in [-0.1, -0.05) is 13.8 Å². The van der Waals surface area contributed by atoms with Crippen molar-refractivity contribution in [1.29, 1.82) is 0 Å². The Labute approximate surface area is 96.9 Å². The van der Waals surface area contributed by atoms with Gasteiger partial charge in [0, 0.05) is 38.6 Å². The minimum Gasteiger partial charge on any atom is -0.387 e. The van der Waals surface area contributed by atoms with E-state index in [-0.39, 0.29) is 0 Å². The van der Waals surface area contributed by atoms with Crippen LogP contribution in [-0.4, -0.2) is 44.8 Å². The average molecular weight is 223 g/mol. The van der Waals surface area contributed by atoms with Crippen LogP contribution in [0.4, 0.5) is 0 Å². The number of hydrogen-bond acceptors (Lipinski definition) is 3. The highest BCUT2D eigenvalue weighted by Gasteiger charge is 2.42. The molecule has 16 heavy (non-hydrogen) atoms. The smallest absolute Gasteiger partial charge is 0.0945 e. The Hall–Kier alpha value is -0.870. The summed E-state index contributed by atoms with van der Waals surface area (Å²) in [6.07, 6.45) is 6.76. The molecule has 0 amide bonds. The minimum atomic E-state index is -0.436. The van der Waals surface area contributed by atoms with Gasteiger partial charge in [0.25, 0.3) is 0 Å². The first kappa shape index (κ1) is 11.6. The number of rotatable bonds is 5. The fourth-order valence-electron chi connectivity index (χ4n) is 2.15. The Morgan fingerprint density at radius 3 is 2.69 bits per heavy atom. The number of nitrogens with zero attached hydrogens (tertiary/aromatic N) is 3. The summed E-state index contributed by atoms with van der Waals surface area (Å²) in [5, 5.41) is 10.1. The molecule has 4 heteroatoms.